The summed E-state index contributed by atoms with van der Waals surface area (Å²) in [5, 5.41) is 15.8. The first-order chi connectivity index (χ1) is 28.7. The molecule has 1 fully saturated rings. The van der Waals surface area contributed by atoms with Gasteiger partial charge in [0.15, 0.2) is 13.9 Å². The molecule has 1 saturated heterocycles. The van der Waals surface area contributed by atoms with E-state index in [-0.39, 0.29) is 56.3 Å². The first-order valence-electron chi connectivity index (χ1n) is 19.9. The molecule has 0 bridgehead atoms. The number of aliphatic hydroxyl groups excluding tert-OH is 1. The summed E-state index contributed by atoms with van der Waals surface area (Å²) in [7, 11) is -3.16. The summed E-state index contributed by atoms with van der Waals surface area (Å²) in [6.07, 6.45) is -0.967. The Morgan fingerprint density at radius 3 is 1.93 bits per heavy atom. The summed E-state index contributed by atoms with van der Waals surface area (Å²) in [4.78, 5) is 70.7. The van der Waals surface area contributed by atoms with Crippen LogP contribution >= 0.6 is 0 Å². The van der Waals surface area contributed by atoms with Gasteiger partial charge in [0.1, 0.15) is 0 Å². The number of nitrogen functional groups attached to an aromatic ring is 2. The minimum atomic E-state index is -3.16. The second-order valence-electron chi connectivity index (χ2n) is 16.1. The number of amides is 4. The Morgan fingerprint density at radius 1 is 0.800 bits per heavy atom. The Kier molecular flexibility index (Phi) is 11.9. The van der Waals surface area contributed by atoms with Gasteiger partial charge < -0.3 is 46.5 Å². The van der Waals surface area contributed by atoms with Gasteiger partial charge in [-0.15, -0.1) is 0 Å². The molecule has 4 atom stereocenters. The number of aliphatic hydroxyl groups is 1. The van der Waals surface area contributed by atoms with E-state index in [1.165, 1.54) is 0 Å². The SMILES string of the molecule is C[C@@H]1[C@@H]([Si](C)(C)O)[C@H](CC(=O)N(CCO)Cc2ccccc2)O[C@@]12C(=O)N(Cc1ccc(NC(=O)c3ccc(N)cc3)cc1)c1ccc(NC(=O)c3ccc(N)cc3)cc12. The minimum absolute atomic E-state index is 0.0994. The molecule has 0 radical (unpaired) electrons. The molecule has 14 heteroatoms. The van der Waals surface area contributed by atoms with E-state index in [1.54, 1.807) is 102 Å². The highest BCUT2D eigenvalue weighted by molar-refractivity contribution is 6.71. The monoisotopic (exact) mass is 826 g/mol. The molecule has 5 aromatic carbocycles. The zero-order valence-electron chi connectivity index (χ0n) is 33.8. The fourth-order valence-electron chi connectivity index (χ4n) is 8.58. The van der Waals surface area contributed by atoms with Gasteiger partial charge in [0.2, 0.25) is 5.91 Å². The molecule has 2 aliphatic heterocycles. The fourth-order valence-corrected chi connectivity index (χ4v) is 11.1. The first kappa shape index (κ1) is 41.8. The van der Waals surface area contributed by atoms with Gasteiger partial charge in [-0.05, 0) is 103 Å². The number of carbonyl (C=O) groups excluding carboxylic acids is 4. The summed E-state index contributed by atoms with van der Waals surface area (Å²) in [6.45, 7) is 5.74. The molecule has 2 aliphatic rings. The molecule has 5 aromatic rings. The number of ether oxygens (including phenoxy) is 1. The van der Waals surface area contributed by atoms with Crippen molar-refractivity contribution in [2.45, 2.75) is 56.8 Å². The molecule has 0 unspecified atom stereocenters. The van der Waals surface area contributed by atoms with Crippen molar-refractivity contribution >= 4 is 60.4 Å². The zero-order chi connectivity index (χ0) is 42.8. The second kappa shape index (κ2) is 17.1. The maximum atomic E-state index is 15.2. The highest BCUT2D eigenvalue weighted by Crippen LogP contribution is 2.60. The first-order valence-corrected chi connectivity index (χ1v) is 22.9. The van der Waals surface area contributed by atoms with Crippen molar-refractivity contribution in [2.75, 3.05) is 40.2 Å². The van der Waals surface area contributed by atoms with Crippen LogP contribution in [-0.2, 0) is 33.0 Å². The predicted molar refractivity (Wildman–Crippen MR) is 234 cm³/mol. The number of nitrogens with zero attached hydrogens (tertiary/aromatic N) is 2. The fraction of sp³-hybridized carbons (Fsp3) is 0.261. The Bertz CT molecular complexity index is 2370. The highest BCUT2D eigenvalue weighted by atomic mass is 28.4. The smallest absolute Gasteiger partial charge is 0.264 e. The Hall–Kier alpha value is -6.32. The molecule has 0 aliphatic carbocycles. The third-order valence-electron chi connectivity index (χ3n) is 11.5. The lowest BCUT2D eigenvalue weighted by atomic mass is 9.82. The van der Waals surface area contributed by atoms with E-state index < -0.39 is 31.5 Å². The Labute approximate surface area is 350 Å². The molecular weight excluding hydrogens is 777 g/mol. The average Bonchev–Trinajstić information content (AvgIpc) is 3.64. The molecule has 2 heterocycles. The number of carbonyl (C=O) groups is 4. The van der Waals surface area contributed by atoms with Crippen molar-refractivity contribution in [1.82, 2.24) is 4.90 Å². The lowest BCUT2D eigenvalue weighted by Gasteiger charge is -2.32. The Morgan fingerprint density at radius 2 is 1.37 bits per heavy atom. The Balaban J connectivity index is 1.21. The normalized spacial score (nSPS) is 19.6. The molecule has 0 saturated carbocycles. The molecule has 60 heavy (non-hydrogen) atoms. The summed E-state index contributed by atoms with van der Waals surface area (Å²) in [5.41, 5.74) is 15.1. The van der Waals surface area contributed by atoms with Crippen LogP contribution in [-0.4, -0.2) is 66.0 Å². The van der Waals surface area contributed by atoms with Crippen LogP contribution in [0.25, 0.3) is 0 Å². The number of rotatable bonds is 13. The van der Waals surface area contributed by atoms with Crippen LogP contribution in [0.1, 0.15) is 50.8 Å². The van der Waals surface area contributed by atoms with Crippen LogP contribution in [0.2, 0.25) is 18.6 Å². The maximum absolute atomic E-state index is 15.2. The number of fused-ring (bicyclic) bond motifs is 2. The summed E-state index contributed by atoms with van der Waals surface area (Å²) >= 11 is 0. The van der Waals surface area contributed by atoms with Crippen molar-refractivity contribution in [3.8, 4) is 0 Å². The number of nitrogens with one attached hydrogen (secondary N) is 2. The van der Waals surface area contributed by atoms with E-state index in [0.29, 0.717) is 45.1 Å². The number of benzene rings is 5. The average molecular weight is 827 g/mol. The third kappa shape index (κ3) is 8.54. The molecule has 1 spiro atoms. The quantitative estimate of drug-likeness (QED) is 0.0599. The van der Waals surface area contributed by atoms with E-state index in [0.717, 1.165) is 11.1 Å². The summed E-state index contributed by atoms with van der Waals surface area (Å²) in [6, 6.07) is 35.0. The van der Waals surface area contributed by atoms with Crippen LogP contribution in [0, 0.1) is 5.92 Å². The molecule has 7 rings (SSSR count). The van der Waals surface area contributed by atoms with Gasteiger partial charge >= 0.3 is 0 Å². The van der Waals surface area contributed by atoms with Crippen LogP contribution in [0.3, 0.4) is 0 Å². The van der Waals surface area contributed by atoms with Gasteiger partial charge in [0, 0.05) is 64.0 Å². The van der Waals surface area contributed by atoms with Crippen LogP contribution in [0.4, 0.5) is 28.4 Å². The van der Waals surface area contributed by atoms with Gasteiger partial charge in [0.05, 0.1) is 31.4 Å². The molecule has 0 aromatic heterocycles. The lowest BCUT2D eigenvalue weighted by molar-refractivity contribution is -0.150. The number of hydrogen-bond acceptors (Lipinski definition) is 9. The molecule has 13 nitrogen and oxygen atoms in total. The molecule has 310 valence electrons. The molecule has 4 amide bonds. The standard InChI is InChI=1S/C46H50N6O7Si/c1-29-42(60(2,3)58)40(26-41(54)51(23-24-53)27-30-7-5-4-6-8-30)59-46(29)38-25-37(50-44(56)33-13-17-35(48)18-14-33)21-22-39(38)52(45(46)57)28-31-9-19-36(20-10-31)49-43(55)32-11-15-34(47)16-12-32/h4-22,25,29,40,42,53,58H,23-24,26-28,47-48H2,1-3H3,(H,49,55)(H,50,56)/t29-,40+,42-,46+/m1/s1. The predicted octanol–water partition coefficient (Wildman–Crippen LogP) is 6.11. The van der Waals surface area contributed by atoms with Crippen molar-refractivity contribution in [3.05, 3.63) is 149 Å². The van der Waals surface area contributed by atoms with Gasteiger partial charge in [-0.25, -0.2) is 0 Å². The van der Waals surface area contributed by atoms with Gasteiger partial charge in [-0.3, -0.25) is 19.2 Å². The molecular formula is C46H50N6O7Si. The number of anilines is 5. The van der Waals surface area contributed by atoms with Crippen molar-refractivity contribution in [1.29, 1.82) is 0 Å². The van der Waals surface area contributed by atoms with Crippen molar-refractivity contribution in [2.24, 2.45) is 5.92 Å². The van der Waals surface area contributed by atoms with Crippen LogP contribution in [0.15, 0.2) is 121 Å². The summed E-state index contributed by atoms with van der Waals surface area (Å²) < 4.78 is 6.98. The van der Waals surface area contributed by atoms with Crippen molar-refractivity contribution < 1.29 is 33.8 Å². The van der Waals surface area contributed by atoms with Gasteiger partial charge in [-0.2, -0.15) is 0 Å². The minimum Gasteiger partial charge on any atom is -0.432 e. The van der Waals surface area contributed by atoms with Gasteiger partial charge in [0.25, 0.3) is 17.7 Å². The topological polar surface area (TPSA) is 201 Å². The van der Waals surface area contributed by atoms with Crippen LogP contribution < -0.4 is 27.0 Å². The van der Waals surface area contributed by atoms with E-state index in [9.17, 15) is 24.3 Å². The third-order valence-corrected chi connectivity index (χ3v) is 14.0. The number of hydrogen-bond donors (Lipinski definition) is 6. The molecule has 8 N–H and O–H groups in total. The zero-order valence-corrected chi connectivity index (χ0v) is 34.8. The largest absolute Gasteiger partial charge is 0.432 e. The van der Waals surface area contributed by atoms with E-state index in [2.05, 4.69) is 10.6 Å². The lowest BCUT2D eigenvalue weighted by Crippen LogP contribution is -2.46. The second-order valence-corrected chi connectivity index (χ2v) is 20.0. The van der Waals surface area contributed by atoms with Crippen LogP contribution in [0.5, 0.6) is 0 Å². The van der Waals surface area contributed by atoms with E-state index in [4.69, 9.17) is 16.2 Å². The maximum Gasteiger partial charge on any atom is 0.264 e. The van der Waals surface area contributed by atoms with E-state index >= 15 is 4.79 Å². The van der Waals surface area contributed by atoms with E-state index in [1.807, 2.05) is 49.4 Å². The summed E-state index contributed by atoms with van der Waals surface area (Å²) in [5.74, 6) is -1.89. The van der Waals surface area contributed by atoms with Gasteiger partial charge in [-0.1, -0.05) is 49.4 Å². The highest BCUT2D eigenvalue weighted by Gasteiger charge is 2.66. The van der Waals surface area contributed by atoms with Crippen molar-refractivity contribution in [3.63, 3.8) is 0 Å². The number of nitrogens with two attached hydrogens (primary N) is 2.